The number of piperazine rings is 1. The fourth-order valence-corrected chi connectivity index (χ4v) is 3.51. The summed E-state index contributed by atoms with van der Waals surface area (Å²) in [5, 5.41) is 1.11. The standard InChI is InChI=1S/C20H25N7/c1-3-25(4-2)18-16-8-5-6-9-17(16)23-20(24-18)27-14-12-26(13-15-27)19-21-10-7-11-22-19/h5-11H,3-4,12-15H2,1-2H3. The van der Waals surface area contributed by atoms with E-state index in [2.05, 4.69) is 56.7 Å². The topological polar surface area (TPSA) is 61.3 Å². The van der Waals surface area contributed by atoms with Crippen molar-refractivity contribution < 1.29 is 0 Å². The molecule has 1 aliphatic heterocycles. The van der Waals surface area contributed by atoms with Gasteiger partial charge in [-0.3, -0.25) is 0 Å². The fraction of sp³-hybridized carbons (Fsp3) is 0.400. The summed E-state index contributed by atoms with van der Waals surface area (Å²) in [5.41, 5.74) is 0.998. The van der Waals surface area contributed by atoms with Crippen molar-refractivity contribution in [1.82, 2.24) is 19.9 Å². The summed E-state index contributed by atoms with van der Waals surface area (Å²) in [4.78, 5) is 25.3. The Kier molecular flexibility index (Phi) is 5.00. The fourth-order valence-electron chi connectivity index (χ4n) is 3.51. The molecular weight excluding hydrogens is 338 g/mol. The monoisotopic (exact) mass is 363 g/mol. The second-order valence-corrected chi connectivity index (χ2v) is 6.56. The van der Waals surface area contributed by atoms with E-state index in [0.29, 0.717) is 0 Å². The van der Waals surface area contributed by atoms with Crippen molar-refractivity contribution in [2.45, 2.75) is 13.8 Å². The lowest BCUT2D eigenvalue weighted by Crippen LogP contribution is -2.47. The van der Waals surface area contributed by atoms with Crippen LogP contribution < -0.4 is 14.7 Å². The molecular formula is C20H25N7. The SMILES string of the molecule is CCN(CC)c1nc(N2CCN(c3ncccn3)CC2)nc2ccccc12. The summed E-state index contributed by atoms with van der Waals surface area (Å²) in [6, 6.07) is 10.1. The zero-order chi connectivity index (χ0) is 18.6. The predicted molar refractivity (Wildman–Crippen MR) is 110 cm³/mol. The van der Waals surface area contributed by atoms with Gasteiger partial charge < -0.3 is 14.7 Å². The molecule has 0 unspecified atom stereocenters. The maximum atomic E-state index is 4.96. The molecule has 0 aliphatic carbocycles. The highest BCUT2D eigenvalue weighted by Crippen LogP contribution is 2.27. The van der Waals surface area contributed by atoms with Crippen LogP contribution in [-0.2, 0) is 0 Å². The Hall–Kier alpha value is -2.96. The summed E-state index contributed by atoms with van der Waals surface area (Å²) in [6.07, 6.45) is 3.58. The highest BCUT2D eigenvalue weighted by molar-refractivity contribution is 5.90. The predicted octanol–water partition coefficient (Wildman–Crippen LogP) is 2.59. The number of fused-ring (bicyclic) bond motifs is 1. The molecule has 1 saturated heterocycles. The number of hydrogen-bond donors (Lipinski definition) is 0. The Bertz CT molecular complexity index is 887. The first-order chi connectivity index (χ1) is 13.3. The van der Waals surface area contributed by atoms with Gasteiger partial charge in [-0.15, -0.1) is 0 Å². The van der Waals surface area contributed by atoms with Gasteiger partial charge in [-0.1, -0.05) is 12.1 Å². The van der Waals surface area contributed by atoms with Crippen LogP contribution in [0.3, 0.4) is 0 Å². The summed E-state index contributed by atoms with van der Waals surface area (Å²) >= 11 is 0. The summed E-state index contributed by atoms with van der Waals surface area (Å²) in [6.45, 7) is 9.62. The van der Waals surface area contributed by atoms with Crippen molar-refractivity contribution >= 4 is 28.6 Å². The highest BCUT2D eigenvalue weighted by atomic mass is 15.4. The Morgan fingerprint density at radius 1 is 0.815 bits per heavy atom. The van der Waals surface area contributed by atoms with Crippen LogP contribution in [0.1, 0.15) is 13.8 Å². The van der Waals surface area contributed by atoms with E-state index in [0.717, 1.165) is 67.9 Å². The van der Waals surface area contributed by atoms with Crippen molar-refractivity contribution in [2.24, 2.45) is 0 Å². The molecule has 3 heterocycles. The van der Waals surface area contributed by atoms with Gasteiger partial charge in [0, 0.05) is 57.0 Å². The van der Waals surface area contributed by atoms with Crippen molar-refractivity contribution in [3.05, 3.63) is 42.7 Å². The summed E-state index contributed by atoms with van der Waals surface area (Å²) < 4.78 is 0. The van der Waals surface area contributed by atoms with E-state index in [-0.39, 0.29) is 0 Å². The van der Waals surface area contributed by atoms with Gasteiger partial charge in [0.15, 0.2) is 0 Å². The summed E-state index contributed by atoms with van der Waals surface area (Å²) in [7, 11) is 0. The lowest BCUT2D eigenvalue weighted by molar-refractivity contribution is 0.628. The third-order valence-electron chi connectivity index (χ3n) is 5.03. The van der Waals surface area contributed by atoms with Crippen molar-refractivity contribution in [1.29, 1.82) is 0 Å². The number of anilines is 3. The molecule has 0 atom stereocenters. The van der Waals surface area contributed by atoms with Crippen LogP contribution in [0.25, 0.3) is 10.9 Å². The molecule has 2 aromatic heterocycles. The van der Waals surface area contributed by atoms with Gasteiger partial charge in [0.25, 0.3) is 0 Å². The van der Waals surface area contributed by atoms with Gasteiger partial charge >= 0.3 is 0 Å². The van der Waals surface area contributed by atoms with Crippen molar-refractivity contribution in [3.63, 3.8) is 0 Å². The van der Waals surface area contributed by atoms with E-state index in [1.807, 2.05) is 12.1 Å². The molecule has 0 spiro atoms. The quantitative estimate of drug-likeness (QED) is 0.690. The molecule has 7 heteroatoms. The van der Waals surface area contributed by atoms with Crippen molar-refractivity contribution in [3.8, 4) is 0 Å². The average Bonchev–Trinajstić information content (AvgIpc) is 2.75. The molecule has 0 radical (unpaired) electrons. The number of hydrogen-bond acceptors (Lipinski definition) is 7. The van der Waals surface area contributed by atoms with E-state index in [1.54, 1.807) is 12.4 Å². The minimum absolute atomic E-state index is 0.792. The zero-order valence-electron chi connectivity index (χ0n) is 15.9. The number of para-hydroxylation sites is 1. The van der Waals surface area contributed by atoms with Crippen LogP contribution in [0, 0.1) is 0 Å². The maximum Gasteiger partial charge on any atom is 0.228 e. The molecule has 1 aromatic carbocycles. The van der Waals surface area contributed by atoms with Crippen LogP contribution in [0.2, 0.25) is 0 Å². The molecule has 140 valence electrons. The minimum atomic E-state index is 0.792. The van der Waals surface area contributed by atoms with Gasteiger partial charge in [-0.05, 0) is 32.0 Å². The molecule has 4 rings (SSSR count). The Balaban J connectivity index is 1.61. The molecule has 0 N–H and O–H groups in total. The van der Waals surface area contributed by atoms with E-state index >= 15 is 0 Å². The Labute approximate surface area is 159 Å². The average molecular weight is 363 g/mol. The van der Waals surface area contributed by atoms with Crippen LogP contribution in [0.5, 0.6) is 0 Å². The largest absolute Gasteiger partial charge is 0.356 e. The Morgan fingerprint density at radius 3 is 2.11 bits per heavy atom. The number of rotatable bonds is 5. The lowest BCUT2D eigenvalue weighted by Gasteiger charge is -2.35. The van der Waals surface area contributed by atoms with Crippen LogP contribution in [0.15, 0.2) is 42.7 Å². The normalized spacial score (nSPS) is 14.6. The van der Waals surface area contributed by atoms with E-state index < -0.39 is 0 Å². The van der Waals surface area contributed by atoms with Crippen molar-refractivity contribution in [2.75, 3.05) is 54.0 Å². The number of aromatic nitrogens is 4. The molecule has 27 heavy (non-hydrogen) atoms. The van der Waals surface area contributed by atoms with E-state index in [1.165, 1.54) is 0 Å². The molecule has 1 fully saturated rings. The first kappa shape index (κ1) is 17.5. The van der Waals surface area contributed by atoms with Gasteiger partial charge in [-0.25, -0.2) is 15.0 Å². The highest BCUT2D eigenvalue weighted by Gasteiger charge is 2.22. The van der Waals surface area contributed by atoms with Gasteiger partial charge in [0.05, 0.1) is 5.52 Å². The zero-order valence-corrected chi connectivity index (χ0v) is 15.9. The van der Waals surface area contributed by atoms with E-state index in [4.69, 9.17) is 9.97 Å². The molecule has 0 bridgehead atoms. The molecule has 0 saturated carbocycles. The maximum absolute atomic E-state index is 4.96. The minimum Gasteiger partial charge on any atom is -0.356 e. The van der Waals surface area contributed by atoms with Gasteiger partial charge in [0.2, 0.25) is 11.9 Å². The smallest absolute Gasteiger partial charge is 0.228 e. The van der Waals surface area contributed by atoms with Crippen LogP contribution in [-0.4, -0.2) is 59.2 Å². The third kappa shape index (κ3) is 3.49. The number of benzene rings is 1. The first-order valence-corrected chi connectivity index (χ1v) is 9.58. The van der Waals surface area contributed by atoms with Crippen LogP contribution in [0.4, 0.5) is 17.7 Å². The Morgan fingerprint density at radius 2 is 1.44 bits per heavy atom. The second kappa shape index (κ2) is 7.73. The number of nitrogens with zero attached hydrogens (tertiary/aromatic N) is 7. The molecule has 0 amide bonds. The second-order valence-electron chi connectivity index (χ2n) is 6.56. The molecule has 7 nitrogen and oxygen atoms in total. The summed E-state index contributed by atoms with van der Waals surface area (Å²) in [5.74, 6) is 2.62. The van der Waals surface area contributed by atoms with Gasteiger partial charge in [0.1, 0.15) is 5.82 Å². The first-order valence-electron chi connectivity index (χ1n) is 9.58. The third-order valence-corrected chi connectivity index (χ3v) is 5.03. The van der Waals surface area contributed by atoms with Crippen LogP contribution >= 0.6 is 0 Å². The van der Waals surface area contributed by atoms with E-state index in [9.17, 15) is 0 Å². The lowest BCUT2D eigenvalue weighted by atomic mass is 10.2. The van der Waals surface area contributed by atoms with Gasteiger partial charge in [-0.2, -0.15) is 4.98 Å². The molecule has 1 aliphatic rings. The molecule has 3 aromatic rings.